The maximum absolute atomic E-state index is 11.2. The highest BCUT2D eigenvalue weighted by atomic mass is 79.9. The number of esters is 1. The lowest BCUT2D eigenvalue weighted by atomic mass is 10.3. The van der Waals surface area contributed by atoms with Crippen molar-refractivity contribution in [3.63, 3.8) is 0 Å². The van der Waals surface area contributed by atoms with E-state index >= 15 is 0 Å². The minimum absolute atomic E-state index is 0.251. The third kappa shape index (κ3) is 3.20. The zero-order valence-corrected chi connectivity index (χ0v) is 12.3. The summed E-state index contributed by atoms with van der Waals surface area (Å²) in [6, 6.07) is 8.00. The van der Waals surface area contributed by atoms with E-state index in [9.17, 15) is 4.79 Å². The summed E-state index contributed by atoms with van der Waals surface area (Å²) in [4.78, 5) is 15.4. The van der Waals surface area contributed by atoms with Gasteiger partial charge in [0.15, 0.2) is 4.34 Å². The van der Waals surface area contributed by atoms with Gasteiger partial charge in [0.25, 0.3) is 0 Å². The number of fused-ring (bicyclic) bond motifs is 1. The van der Waals surface area contributed by atoms with E-state index in [0.717, 1.165) is 9.86 Å². The van der Waals surface area contributed by atoms with Gasteiger partial charge in [0.05, 0.1) is 17.3 Å². The van der Waals surface area contributed by atoms with Crippen LogP contribution in [0.25, 0.3) is 10.2 Å². The summed E-state index contributed by atoms with van der Waals surface area (Å²) < 4.78 is 6.78. The van der Waals surface area contributed by atoms with E-state index in [1.54, 1.807) is 23.1 Å². The number of para-hydroxylation sites is 1. The van der Waals surface area contributed by atoms with Gasteiger partial charge in [0.2, 0.25) is 0 Å². The van der Waals surface area contributed by atoms with Gasteiger partial charge in [-0.25, -0.2) is 4.98 Å². The van der Waals surface area contributed by atoms with Gasteiger partial charge in [-0.1, -0.05) is 39.8 Å². The largest absolute Gasteiger partial charge is 0.468 e. The number of methoxy groups -OCH3 is 1. The molecule has 17 heavy (non-hydrogen) atoms. The first-order valence-corrected chi connectivity index (χ1v) is 7.63. The number of carbonyl (C=O) groups excluding carboxylic acids is 1. The molecule has 0 spiro atoms. The summed E-state index contributed by atoms with van der Waals surface area (Å²) in [6.45, 7) is 0. The van der Waals surface area contributed by atoms with Crippen LogP contribution in [0.4, 0.5) is 0 Å². The number of hydrogen-bond acceptors (Lipinski definition) is 5. The van der Waals surface area contributed by atoms with Crippen LogP contribution in [0, 0.1) is 0 Å². The van der Waals surface area contributed by atoms with Crippen molar-refractivity contribution in [2.45, 2.75) is 9.17 Å². The van der Waals surface area contributed by atoms with E-state index < -0.39 is 0 Å². The number of alkyl halides is 1. The van der Waals surface area contributed by atoms with Gasteiger partial charge >= 0.3 is 5.97 Å². The molecule has 0 bridgehead atoms. The molecule has 0 N–H and O–H groups in total. The maximum Gasteiger partial charge on any atom is 0.320 e. The molecule has 0 aliphatic carbocycles. The van der Waals surface area contributed by atoms with E-state index in [4.69, 9.17) is 0 Å². The Hall–Kier alpha value is -0.590. The Morgan fingerprint density at radius 2 is 2.35 bits per heavy atom. The lowest BCUT2D eigenvalue weighted by Gasteiger charge is -2.04. The van der Waals surface area contributed by atoms with Crippen molar-refractivity contribution in [1.82, 2.24) is 4.98 Å². The SMILES string of the molecule is COC(=O)C(Br)CSc1nc2ccccc2s1. The van der Waals surface area contributed by atoms with Gasteiger partial charge < -0.3 is 4.74 Å². The quantitative estimate of drug-likeness (QED) is 0.489. The molecule has 0 saturated heterocycles. The lowest BCUT2D eigenvalue weighted by molar-refractivity contribution is -0.139. The van der Waals surface area contributed by atoms with Gasteiger partial charge in [-0.15, -0.1) is 11.3 Å². The average Bonchev–Trinajstić information content (AvgIpc) is 2.77. The Morgan fingerprint density at radius 1 is 1.59 bits per heavy atom. The van der Waals surface area contributed by atoms with Crippen LogP contribution in [0.1, 0.15) is 0 Å². The molecule has 1 unspecified atom stereocenters. The molecule has 0 aliphatic rings. The number of ether oxygens (including phenoxy) is 1. The predicted molar refractivity (Wildman–Crippen MR) is 75.1 cm³/mol. The number of thioether (sulfide) groups is 1. The summed E-state index contributed by atoms with van der Waals surface area (Å²) in [5.74, 6) is 0.366. The molecule has 0 fully saturated rings. The molecule has 1 heterocycles. The molecule has 0 amide bonds. The first kappa shape index (κ1) is 12.9. The van der Waals surface area contributed by atoms with Crippen molar-refractivity contribution in [2.75, 3.05) is 12.9 Å². The number of carbonyl (C=O) groups is 1. The Labute approximate surface area is 116 Å². The Balaban J connectivity index is 2.01. The van der Waals surface area contributed by atoms with Crippen molar-refractivity contribution in [3.8, 4) is 0 Å². The minimum atomic E-state index is -0.287. The number of nitrogens with zero attached hydrogens (tertiary/aromatic N) is 1. The zero-order chi connectivity index (χ0) is 12.3. The van der Waals surface area contributed by atoms with E-state index in [-0.39, 0.29) is 10.8 Å². The maximum atomic E-state index is 11.2. The highest BCUT2D eigenvalue weighted by Crippen LogP contribution is 2.30. The Bertz CT molecular complexity index is 496. The number of hydrogen-bond donors (Lipinski definition) is 0. The summed E-state index contributed by atoms with van der Waals surface area (Å²) in [5, 5.41) is 0. The van der Waals surface area contributed by atoms with Crippen molar-refractivity contribution in [1.29, 1.82) is 0 Å². The third-order valence-electron chi connectivity index (χ3n) is 2.08. The molecular weight excluding hydrogens is 322 g/mol. The molecule has 3 nitrogen and oxygen atoms in total. The smallest absolute Gasteiger partial charge is 0.320 e. The molecule has 0 radical (unpaired) electrons. The molecule has 6 heteroatoms. The van der Waals surface area contributed by atoms with Crippen LogP contribution in [0.15, 0.2) is 28.6 Å². The van der Waals surface area contributed by atoms with Crippen molar-refractivity contribution in [2.24, 2.45) is 0 Å². The summed E-state index contributed by atoms with van der Waals surface area (Å²) >= 11 is 6.48. The molecule has 1 atom stereocenters. The van der Waals surface area contributed by atoms with E-state index in [2.05, 4.69) is 25.7 Å². The molecule has 1 aromatic heterocycles. The highest BCUT2D eigenvalue weighted by Gasteiger charge is 2.16. The fourth-order valence-corrected chi connectivity index (χ4v) is 3.83. The van der Waals surface area contributed by atoms with Crippen LogP contribution in [-0.4, -0.2) is 28.6 Å². The summed E-state index contributed by atoms with van der Waals surface area (Å²) in [7, 11) is 1.39. The number of aromatic nitrogens is 1. The second-order valence-electron chi connectivity index (χ2n) is 3.25. The first-order valence-electron chi connectivity index (χ1n) is 4.91. The molecule has 0 saturated carbocycles. The van der Waals surface area contributed by atoms with Crippen LogP contribution in [-0.2, 0) is 9.53 Å². The van der Waals surface area contributed by atoms with E-state index in [1.807, 2.05) is 24.3 Å². The zero-order valence-electron chi connectivity index (χ0n) is 9.05. The number of halogens is 1. The molecule has 0 aliphatic heterocycles. The van der Waals surface area contributed by atoms with Gasteiger partial charge in [-0.2, -0.15) is 0 Å². The fraction of sp³-hybridized carbons (Fsp3) is 0.273. The molecule has 2 aromatic rings. The Kier molecular flexibility index (Phi) is 4.42. The first-order chi connectivity index (χ1) is 8.20. The summed E-state index contributed by atoms with van der Waals surface area (Å²) in [6.07, 6.45) is 0. The van der Waals surface area contributed by atoms with Gasteiger partial charge in [0.1, 0.15) is 4.83 Å². The third-order valence-corrected chi connectivity index (χ3v) is 5.48. The van der Waals surface area contributed by atoms with Crippen LogP contribution < -0.4 is 0 Å². The average molecular weight is 332 g/mol. The fourth-order valence-electron chi connectivity index (χ4n) is 1.25. The number of rotatable bonds is 4. The topological polar surface area (TPSA) is 39.2 Å². The van der Waals surface area contributed by atoms with Gasteiger partial charge in [0, 0.05) is 5.75 Å². The number of benzene rings is 1. The lowest BCUT2D eigenvalue weighted by Crippen LogP contribution is -2.17. The second kappa shape index (κ2) is 5.84. The number of thiazole rings is 1. The standard InChI is InChI=1S/C11H10BrNO2S2/c1-15-10(14)7(12)6-16-11-13-8-4-2-3-5-9(8)17-11/h2-5,7H,6H2,1H3. The molecule has 2 rings (SSSR count). The van der Waals surface area contributed by atoms with Crippen LogP contribution in [0.3, 0.4) is 0 Å². The van der Waals surface area contributed by atoms with Crippen molar-refractivity contribution < 1.29 is 9.53 Å². The molecule has 90 valence electrons. The van der Waals surface area contributed by atoms with E-state index in [0.29, 0.717) is 5.75 Å². The van der Waals surface area contributed by atoms with Crippen LogP contribution in [0.5, 0.6) is 0 Å². The van der Waals surface area contributed by atoms with Crippen molar-refractivity contribution >= 4 is 55.2 Å². The minimum Gasteiger partial charge on any atom is -0.468 e. The second-order valence-corrected chi connectivity index (χ2v) is 6.65. The molecular formula is C11H10BrNO2S2. The normalized spacial score (nSPS) is 12.6. The highest BCUT2D eigenvalue weighted by molar-refractivity contribution is 9.10. The van der Waals surface area contributed by atoms with Crippen LogP contribution >= 0.6 is 39.0 Å². The monoisotopic (exact) mass is 331 g/mol. The van der Waals surface area contributed by atoms with Gasteiger partial charge in [-0.05, 0) is 12.1 Å². The van der Waals surface area contributed by atoms with Crippen LogP contribution in [0.2, 0.25) is 0 Å². The molecule has 1 aromatic carbocycles. The van der Waals surface area contributed by atoms with Crippen molar-refractivity contribution in [3.05, 3.63) is 24.3 Å². The van der Waals surface area contributed by atoms with Gasteiger partial charge in [-0.3, -0.25) is 4.79 Å². The predicted octanol–water partition coefficient (Wildman–Crippen LogP) is 3.32. The van der Waals surface area contributed by atoms with E-state index in [1.165, 1.54) is 11.8 Å². The summed E-state index contributed by atoms with van der Waals surface area (Å²) in [5.41, 5.74) is 1.00. The Morgan fingerprint density at radius 3 is 3.06 bits per heavy atom.